The molecule has 1 amide bonds. The van der Waals surface area contributed by atoms with Gasteiger partial charge in [0.15, 0.2) is 6.61 Å². The summed E-state index contributed by atoms with van der Waals surface area (Å²) < 4.78 is 5.52. The van der Waals surface area contributed by atoms with E-state index < -0.39 is 5.41 Å². The number of alkyl halides is 1. The predicted molar refractivity (Wildman–Crippen MR) is 99.8 cm³/mol. The number of anilines is 1. The van der Waals surface area contributed by atoms with Gasteiger partial charge in [0.1, 0.15) is 0 Å². The number of benzene rings is 1. The van der Waals surface area contributed by atoms with Crippen LogP contribution in [0.3, 0.4) is 0 Å². The number of carbonyl (C=O) groups excluding carboxylic acids is 2. The number of amides is 1. The molecule has 0 aromatic heterocycles. The lowest BCUT2D eigenvalue weighted by atomic mass is 9.49. The highest BCUT2D eigenvalue weighted by Gasteiger charge is 2.60. The van der Waals surface area contributed by atoms with E-state index in [0.29, 0.717) is 22.5 Å². The Morgan fingerprint density at radius 1 is 1.20 bits per heavy atom. The van der Waals surface area contributed by atoms with Crippen LogP contribution in [0.5, 0.6) is 0 Å². The molecule has 4 aliphatic rings. The van der Waals surface area contributed by atoms with Crippen LogP contribution in [0.15, 0.2) is 24.3 Å². The van der Waals surface area contributed by atoms with Crippen LogP contribution in [0.25, 0.3) is 0 Å². The van der Waals surface area contributed by atoms with Gasteiger partial charge in [-0.15, -0.1) is 0 Å². The third-order valence-electron chi connectivity index (χ3n) is 5.91. The van der Waals surface area contributed by atoms with E-state index in [0.717, 1.165) is 32.1 Å². The highest BCUT2D eigenvalue weighted by atomic mass is 79.9. The monoisotopic (exact) mass is 425 g/mol. The smallest absolute Gasteiger partial charge is 0.312 e. The van der Waals surface area contributed by atoms with Gasteiger partial charge in [-0.25, -0.2) is 0 Å². The molecule has 4 aliphatic carbocycles. The molecule has 1 aromatic rings. The number of esters is 1. The van der Waals surface area contributed by atoms with Crippen molar-refractivity contribution in [3.05, 3.63) is 29.3 Å². The number of nitrogens with one attached hydrogen (secondary N) is 1. The summed E-state index contributed by atoms with van der Waals surface area (Å²) in [6.45, 7) is -0.267. The van der Waals surface area contributed by atoms with E-state index in [-0.39, 0.29) is 22.8 Å². The number of rotatable bonds is 4. The number of carbonyl (C=O) groups is 2. The van der Waals surface area contributed by atoms with Gasteiger partial charge in [0.05, 0.1) is 16.1 Å². The van der Waals surface area contributed by atoms with Crippen LogP contribution in [0.2, 0.25) is 5.02 Å². The number of halogens is 2. The lowest BCUT2D eigenvalue weighted by Gasteiger charge is -2.58. The van der Waals surface area contributed by atoms with Crippen LogP contribution in [0, 0.1) is 17.3 Å². The Balaban J connectivity index is 1.38. The topological polar surface area (TPSA) is 55.4 Å². The molecule has 0 radical (unpaired) electrons. The summed E-state index contributed by atoms with van der Waals surface area (Å²) in [5, 5.41) is 3.15. The van der Waals surface area contributed by atoms with Gasteiger partial charge in [-0.1, -0.05) is 39.7 Å². The van der Waals surface area contributed by atoms with E-state index in [9.17, 15) is 9.59 Å². The lowest BCUT2D eigenvalue weighted by molar-refractivity contribution is -0.170. The van der Waals surface area contributed by atoms with Crippen LogP contribution in [-0.4, -0.2) is 22.8 Å². The molecule has 5 rings (SSSR count). The number of para-hydroxylation sites is 1. The highest BCUT2D eigenvalue weighted by Crippen LogP contribution is 2.64. The molecule has 0 saturated heterocycles. The first-order chi connectivity index (χ1) is 11.9. The molecular weight excluding hydrogens is 406 g/mol. The van der Waals surface area contributed by atoms with Crippen LogP contribution in [0.1, 0.15) is 38.5 Å². The molecular formula is C19H21BrClNO3. The maximum atomic E-state index is 12.8. The molecule has 4 bridgehead atoms. The molecule has 0 unspecified atom stereocenters. The molecule has 0 heterocycles. The Bertz CT molecular complexity index is 708. The van der Waals surface area contributed by atoms with E-state index >= 15 is 0 Å². The van der Waals surface area contributed by atoms with Crippen molar-refractivity contribution in [1.82, 2.24) is 0 Å². The van der Waals surface area contributed by atoms with Crippen molar-refractivity contribution in [3.63, 3.8) is 0 Å². The van der Waals surface area contributed by atoms with Crippen molar-refractivity contribution in [2.75, 3.05) is 11.9 Å². The van der Waals surface area contributed by atoms with E-state index in [1.54, 1.807) is 24.3 Å². The minimum absolute atomic E-state index is 0.0932. The Labute approximate surface area is 160 Å². The molecule has 0 spiro atoms. The summed E-state index contributed by atoms with van der Waals surface area (Å²) in [6, 6.07) is 7.00. The Kier molecular flexibility index (Phi) is 4.35. The molecule has 4 saturated carbocycles. The van der Waals surface area contributed by atoms with Crippen molar-refractivity contribution in [2.24, 2.45) is 17.3 Å². The summed E-state index contributed by atoms with van der Waals surface area (Å²) in [5.74, 6) is 0.634. The minimum atomic E-state index is -0.405. The van der Waals surface area contributed by atoms with Crippen molar-refractivity contribution >= 4 is 45.1 Å². The van der Waals surface area contributed by atoms with Gasteiger partial charge in [-0.3, -0.25) is 9.59 Å². The third-order valence-corrected chi connectivity index (χ3v) is 7.16. The molecule has 2 atom stereocenters. The summed E-state index contributed by atoms with van der Waals surface area (Å²) in [4.78, 5) is 24.9. The lowest BCUT2D eigenvalue weighted by Crippen LogP contribution is -2.56. The molecule has 134 valence electrons. The van der Waals surface area contributed by atoms with E-state index in [1.165, 1.54) is 6.42 Å². The summed E-state index contributed by atoms with van der Waals surface area (Å²) >= 11 is 9.92. The molecule has 25 heavy (non-hydrogen) atoms. The summed E-state index contributed by atoms with van der Waals surface area (Å²) in [5.41, 5.74) is 0.123. The molecule has 4 fully saturated rings. The van der Waals surface area contributed by atoms with Crippen molar-refractivity contribution in [3.8, 4) is 0 Å². The first-order valence-corrected chi connectivity index (χ1v) is 9.95. The highest BCUT2D eigenvalue weighted by molar-refractivity contribution is 9.10. The zero-order valence-electron chi connectivity index (χ0n) is 13.9. The molecule has 1 aromatic carbocycles. The van der Waals surface area contributed by atoms with Crippen LogP contribution in [0.4, 0.5) is 5.69 Å². The van der Waals surface area contributed by atoms with Gasteiger partial charge < -0.3 is 10.1 Å². The first-order valence-electron chi connectivity index (χ1n) is 8.78. The van der Waals surface area contributed by atoms with Crippen LogP contribution < -0.4 is 5.32 Å². The maximum absolute atomic E-state index is 12.8. The van der Waals surface area contributed by atoms with Gasteiger partial charge in [-0.05, 0) is 62.5 Å². The summed E-state index contributed by atoms with van der Waals surface area (Å²) in [7, 11) is 0. The second-order valence-corrected chi connectivity index (χ2v) is 10.1. The van der Waals surface area contributed by atoms with Crippen LogP contribution in [-0.2, 0) is 14.3 Å². The Hall–Kier alpha value is -1.07. The second-order valence-electron chi connectivity index (χ2n) is 8.00. The third kappa shape index (κ3) is 3.33. The largest absolute Gasteiger partial charge is 0.455 e. The molecule has 0 aliphatic heterocycles. The Morgan fingerprint density at radius 2 is 1.88 bits per heavy atom. The first kappa shape index (κ1) is 17.3. The quantitative estimate of drug-likeness (QED) is 0.567. The fourth-order valence-electron chi connectivity index (χ4n) is 5.42. The fraction of sp³-hybridized carbons (Fsp3) is 0.579. The van der Waals surface area contributed by atoms with Gasteiger partial charge in [0, 0.05) is 4.32 Å². The summed E-state index contributed by atoms with van der Waals surface area (Å²) in [6.07, 6.45) is 6.19. The van der Waals surface area contributed by atoms with E-state index in [4.69, 9.17) is 16.3 Å². The van der Waals surface area contributed by atoms with Gasteiger partial charge in [-0.2, -0.15) is 0 Å². The minimum Gasteiger partial charge on any atom is -0.455 e. The normalized spacial score (nSPS) is 35.4. The maximum Gasteiger partial charge on any atom is 0.312 e. The van der Waals surface area contributed by atoms with Crippen molar-refractivity contribution in [2.45, 2.75) is 42.8 Å². The second kappa shape index (κ2) is 6.27. The van der Waals surface area contributed by atoms with Gasteiger partial charge in [0.2, 0.25) is 0 Å². The number of hydrogen-bond donors (Lipinski definition) is 1. The average Bonchev–Trinajstić information content (AvgIpc) is 2.52. The van der Waals surface area contributed by atoms with E-state index in [1.807, 2.05) is 0 Å². The predicted octanol–water partition coefficient (Wildman–Crippen LogP) is 4.56. The fourth-order valence-corrected chi connectivity index (χ4v) is 7.06. The molecule has 1 N–H and O–H groups in total. The standard InChI is InChI=1S/C19H21BrClNO3/c20-19-8-12-5-13(9-19)7-18(6-12,11-19)17(24)25-10-16(23)22-15-4-2-1-3-14(15)21/h1-4,12-13H,5-11H2,(H,22,23)/t12-,13-,18?,19?/m1/s1. The van der Waals surface area contributed by atoms with Gasteiger partial charge in [0.25, 0.3) is 5.91 Å². The average molecular weight is 427 g/mol. The van der Waals surface area contributed by atoms with Crippen molar-refractivity contribution in [1.29, 1.82) is 0 Å². The number of ether oxygens (including phenoxy) is 1. The SMILES string of the molecule is O=C(COC(=O)C12C[C@H]3C[C@@H](CC(Br)(C3)C1)C2)Nc1ccccc1Cl. The van der Waals surface area contributed by atoms with Crippen molar-refractivity contribution < 1.29 is 14.3 Å². The number of hydrogen-bond acceptors (Lipinski definition) is 3. The van der Waals surface area contributed by atoms with Gasteiger partial charge >= 0.3 is 5.97 Å². The van der Waals surface area contributed by atoms with Crippen LogP contribution >= 0.6 is 27.5 Å². The van der Waals surface area contributed by atoms with E-state index in [2.05, 4.69) is 21.2 Å². The molecule has 6 heteroatoms. The zero-order valence-corrected chi connectivity index (χ0v) is 16.2. The zero-order chi connectivity index (χ0) is 17.7. The molecule has 4 nitrogen and oxygen atoms in total. The Morgan fingerprint density at radius 3 is 2.52 bits per heavy atom.